The number of nitrogens with one attached hydrogen (secondary N) is 1. The van der Waals surface area contributed by atoms with Crippen LogP contribution in [-0.4, -0.2) is 23.2 Å². The van der Waals surface area contributed by atoms with E-state index in [4.69, 9.17) is 0 Å². The lowest BCUT2D eigenvalue weighted by molar-refractivity contribution is 0.0824. The van der Waals surface area contributed by atoms with Gasteiger partial charge in [-0.05, 0) is 49.3 Å². The minimum atomic E-state index is -0.478. The molecule has 3 heteroatoms. The number of rotatable bonds is 5. The van der Waals surface area contributed by atoms with Crippen LogP contribution in [0, 0.1) is 5.92 Å². The molecule has 0 saturated heterocycles. The van der Waals surface area contributed by atoms with Crippen molar-refractivity contribution in [3.05, 3.63) is 35.4 Å². The molecule has 1 amide bonds. The Morgan fingerprint density at radius 3 is 2.37 bits per heavy atom. The van der Waals surface area contributed by atoms with Crippen LogP contribution in [0.3, 0.4) is 0 Å². The Kier molecular flexibility index (Phi) is 3.95. The van der Waals surface area contributed by atoms with Gasteiger partial charge in [-0.3, -0.25) is 4.79 Å². The standard InChI is InChI=1S/C16H23NO2/c1-11(2)12-4-6-13(7-5-12)15(19)17-16(3,10-18)14-8-9-14/h4-7,11,14,18H,8-10H2,1-3H3,(H,17,19). The zero-order valence-corrected chi connectivity index (χ0v) is 11.9. The number of aliphatic hydroxyl groups excluding tert-OH is 1. The van der Waals surface area contributed by atoms with Crippen molar-refractivity contribution >= 4 is 5.91 Å². The first kappa shape index (κ1) is 14.1. The summed E-state index contributed by atoms with van der Waals surface area (Å²) in [7, 11) is 0. The summed E-state index contributed by atoms with van der Waals surface area (Å²) in [6, 6.07) is 7.70. The third-order valence-electron chi connectivity index (χ3n) is 4.05. The Balaban J connectivity index is 2.07. The van der Waals surface area contributed by atoms with Gasteiger partial charge < -0.3 is 10.4 Å². The Labute approximate surface area is 115 Å². The topological polar surface area (TPSA) is 49.3 Å². The van der Waals surface area contributed by atoms with E-state index in [2.05, 4.69) is 19.2 Å². The first-order chi connectivity index (χ1) is 8.96. The molecule has 0 heterocycles. The van der Waals surface area contributed by atoms with Crippen molar-refractivity contribution < 1.29 is 9.90 Å². The average molecular weight is 261 g/mol. The highest BCUT2D eigenvalue weighted by Gasteiger charge is 2.42. The third-order valence-corrected chi connectivity index (χ3v) is 4.05. The van der Waals surface area contributed by atoms with Crippen molar-refractivity contribution in [3.63, 3.8) is 0 Å². The molecule has 0 bridgehead atoms. The minimum absolute atomic E-state index is 0.00646. The van der Waals surface area contributed by atoms with Crippen molar-refractivity contribution in [2.45, 2.75) is 45.1 Å². The van der Waals surface area contributed by atoms with E-state index in [9.17, 15) is 9.90 Å². The second-order valence-electron chi connectivity index (χ2n) is 6.08. The summed E-state index contributed by atoms with van der Waals surface area (Å²) < 4.78 is 0. The molecule has 1 aliphatic rings. The monoisotopic (exact) mass is 261 g/mol. The molecular formula is C16H23NO2. The molecular weight excluding hydrogens is 238 g/mol. The van der Waals surface area contributed by atoms with Crippen LogP contribution in [0.1, 0.15) is 55.5 Å². The highest BCUT2D eigenvalue weighted by Crippen LogP contribution is 2.39. The largest absolute Gasteiger partial charge is 0.394 e. The normalized spacial score (nSPS) is 18.2. The number of aliphatic hydroxyl groups is 1. The highest BCUT2D eigenvalue weighted by molar-refractivity contribution is 5.94. The van der Waals surface area contributed by atoms with E-state index in [0.717, 1.165) is 12.8 Å². The number of hydrogen-bond acceptors (Lipinski definition) is 2. The molecule has 1 saturated carbocycles. The number of carbonyl (C=O) groups is 1. The average Bonchev–Trinajstić information content (AvgIpc) is 3.23. The third kappa shape index (κ3) is 3.16. The van der Waals surface area contributed by atoms with Gasteiger partial charge in [0.25, 0.3) is 5.91 Å². The fourth-order valence-corrected chi connectivity index (χ4v) is 2.34. The minimum Gasteiger partial charge on any atom is -0.394 e. The Bertz CT molecular complexity index is 448. The molecule has 1 fully saturated rings. The molecule has 19 heavy (non-hydrogen) atoms. The summed E-state index contributed by atoms with van der Waals surface area (Å²) in [5.74, 6) is 0.779. The van der Waals surface area contributed by atoms with E-state index in [1.54, 1.807) is 0 Å². The summed E-state index contributed by atoms with van der Waals surface area (Å²) in [5.41, 5.74) is 1.40. The molecule has 1 aliphatic carbocycles. The molecule has 0 aliphatic heterocycles. The summed E-state index contributed by atoms with van der Waals surface area (Å²) in [6.07, 6.45) is 2.17. The number of benzene rings is 1. The summed E-state index contributed by atoms with van der Waals surface area (Å²) in [6.45, 7) is 6.18. The molecule has 0 radical (unpaired) electrons. The van der Waals surface area contributed by atoms with Gasteiger partial charge in [0.2, 0.25) is 0 Å². The maximum absolute atomic E-state index is 12.2. The predicted octanol–water partition coefficient (Wildman–Crippen LogP) is 2.70. The zero-order chi connectivity index (χ0) is 14.0. The highest BCUT2D eigenvalue weighted by atomic mass is 16.3. The second-order valence-corrected chi connectivity index (χ2v) is 6.08. The molecule has 0 spiro atoms. The van der Waals surface area contributed by atoms with Gasteiger partial charge in [0.15, 0.2) is 0 Å². The molecule has 1 aromatic rings. The lowest BCUT2D eigenvalue weighted by Gasteiger charge is -2.28. The number of hydrogen-bond donors (Lipinski definition) is 2. The Hall–Kier alpha value is -1.35. The van der Waals surface area contributed by atoms with E-state index in [-0.39, 0.29) is 12.5 Å². The molecule has 2 rings (SSSR count). The number of carbonyl (C=O) groups excluding carboxylic acids is 1. The van der Waals surface area contributed by atoms with E-state index >= 15 is 0 Å². The van der Waals surface area contributed by atoms with Gasteiger partial charge in [0.05, 0.1) is 12.1 Å². The smallest absolute Gasteiger partial charge is 0.251 e. The lowest BCUT2D eigenvalue weighted by atomic mass is 9.96. The van der Waals surface area contributed by atoms with Gasteiger partial charge in [0.1, 0.15) is 0 Å². The SMILES string of the molecule is CC(C)c1ccc(C(=O)NC(C)(CO)C2CC2)cc1. The van der Waals surface area contributed by atoms with Gasteiger partial charge in [-0.25, -0.2) is 0 Å². The van der Waals surface area contributed by atoms with E-state index in [0.29, 0.717) is 17.4 Å². The van der Waals surface area contributed by atoms with Crippen molar-refractivity contribution in [1.29, 1.82) is 0 Å². The van der Waals surface area contributed by atoms with Gasteiger partial charge in [-0.2, -0.15) is 0 Å². The maximum atomic E-state index is 12.2. The van der Waals surface area contributed by atoms with E-state index in [1.807, 2.05) is 31.2 Å². The van der Waals surface area contributed by atoms with Gasteiger partial charge in [0, 0.05) is 5.56 Å². The van der Waals surface area contributed by atoms with E-state index < -0.39 is 5.54 Å². The molecule has 3 nitrogen and oxygen atoms in total. The fraction of sp³-hybridized carbons (Fsp3) is 0.562. The van der Waals surface area contributed by atoms with Crippen LogP contribution in [0.4, 0.5) is 0 Å². The van der Waals surface area contributed by atoms with Crippen molar-refractivity contribution in [1.82, 2.24) is 5.32 Å². The Morgan fingerprint density at radius 2 is 1.95 bits per heavy atom. The number of amides is 1. The summed E-state index contributed by atoms with van der Waals surface area (Å²) in [5, 5.41) is 12.5. The van der Waals surface area contributed by atoms with Gasteiger partial charge in [-0.15, -0.1) is 0 Å². The van der Waals surface area contributed by atoms with Crippen LogP contribution in [0.25, 0.3) is 0 Å². The van der Waals surface area contributed by atoms with Crippen LogP contribution in [0.5, 0.6) is 0 Å². The lowest BCUT2D eigenvalue weighted by Crippen LogP contribution is -2.50. The van der Waals surface area contributed by atoms with Gasteiger partial charge in [-0.1, -0.05) is 26.0 Å². The fourth-order valence-electron chi connectivity index (χ4n) is 2.34. The molecule has 1 atom stereocenters. The van der Waals surface area contributed by atoms with Crippen LogP contribution in [-0.2, 0) is 0 Å². The molecule has 2 N–H and O–H groups in total. The van der Waals surface area contributed by atoms with Crippen LogP contribution in [0.2, 0.25) is 0 Å². The molecule has 1 aromatic carbocycles. The van der Waals surface area contributed by atoms with Crippen LogP contribution < -0.4 is 5.32 Å². The van der Waals surface area contributed by atoms with Gasteiger partial charge >= 0.3 is 0 Å². The second kappa shape index (κ2) is 5.33. The summed E-state index contributed by atoms with van der Waals surface area (Å²) in [4.78, 5) is 12.2. The van der Waals surface area contributed by atoms with Crippen molar-refractivity contribution in [2.75, 3.05) is 6.61 Å². The molecule has 104 valence electrons. The quantitative estimate of drug-likeness (QED) is 0.856. The van der Waals surface area contributed by atoms with E-state index in [1.165, 1.54) is 5.56 Å². The van der Waals surface area contributed by atoms with Crippen molar-refractivity contribution in [2.24, 2.45) is 5.92 Å². The first-order valence-corrected chi connectivity index (χ1v) is 6.99. The summed E-state index contributed by atoms with van der Waals surface area (Å²) >= 11 is 0. The van der Waals surface area contributed by atoms with Crippen molar-refractivity contribution in [3.8, 4) is 0 Å². The first-order valence-electron chi connectivity index (χ1n) is 6.99. The van der Waals surface area contributed by atoms with Crippen LogP contribution in [0.15, 0.2) is 24.3 Å². The van der Waals surface area contributed by atoms with Crippen LogP contribution >= 0.6 is 0 Å². The Morgan fingerprint density at radius 1 is 1.37 bits per heavy atom. The predicted molar refractivity (Wildman–Crippen MR) is 76.2 cm³/mol. The maximum Gasteiger partial charge on any atom is 0.251 e. The molecule has 0 aromatic heterocycles. The zero-order valence-electron chi connectivity index (χ0n) is 11.9. The molecule has 1 unspecified atom stereocenters.